The highest BCUT2D eigenvalue weighted by molar-refractivity contribution is 4.87. The molecule has 2 rings (SSSR count). The largest absolute Gasteiger partial charge is 0.311 e. The van der Waals surface area contributed by atoms with Gasteiger partial charge >= 0.3 is 0 Å². The first-order chi connectivity index (χ1) is 8.45. The van der Waals surface area contributed by atoms with Crippen LogP contribution in [0.25, 0.3) is 0 Å². The molecule has 3 nitrogen and oxygen atoms in total. The van der Waals surface area contributed by atoms with E-state index in [1.165, 1.54) is 51.9 Å². The third-order valence-electron chi connectivity index (χ3n) is 4.63. The van der Waals surface area contributed by atoms with Crippen molar-refractivity contribution in [2.75, 3.05) is 33.2 Å². The van der Waals surface area contributed by atoms with E-state index in [1.54, 1.807) is 0 Å². The maximum Gasteiger partial charge on any atom is 0.0125 e. The van der Waals surface area contributed by atoms with E-state index in [2.05, 4.69) is 42.9 Å². The minimum absolute atomic E-state index is 0.346. The molecule has 0 spiro atoms. The first kappa shape index (κ1) is 14.3. The van der Waals surface area contributed by atoms with Gasteiger partial charge in [0.05, 0.1) is 0 Å². The fraction of sp³-hybridized carbons (Fsp3) is 1.00. The zero-order valence-electron chi connectivity index (χ0n) is 12.7. The molecule has 2 heterocycles. The van der Waals surface area contributed by atoms with Gasteiger partial charge in [-0.15, -0.1) is 0 Å². The Labute approximate surface area is 113 Å². The van der Waals surface area contributed by atoms with Crippen molar-refractivity contribution in [2.24, 2.45) is 0 Å². The van der Waals surface area contributed by atoms with E-state index in [0.717, 1.165) is 12.1 Å². The first-order valence-electron chi connectivity index (χ1n) is 7.65. The Morgan fingerprint density at radius 2 is 1.28 bits per heavy atom. The van der Waals surface area contributed by atoms with Crippen LogP contribution in [0.1, 0.15) is 46.5 Å². The van der Waals surface area contributed by atoms with Crippen LogP contribution >= 0.6 is 0 Å². The number of hydrogen-bond acceptors (Lipinski definition) is 3. The Kier molecular flexibility index (Phi) is 4.68. The Morgan fingerprint density at radius 3 is 1.72 bits per heavy atom. The van der Waals surface area contributed by atoms with Crippen molar-refractivity contribution in [2.45, 2.75) is 64.1 Å². The molecule has 0 radical (unpaired) electrons. The van der Waals surface area contributed by atoms with Gasteiger partial charge in [-0.25, -0.2) is 0 Å². The molecule has 2 saturated heterocycles. The molecule has 3 heteroatoms. The summed E-state index contributed by atoms with van der Waals surface area (Å²) in [6, 6.07) is 1.53. The Hall–Kier alpha value is -0.120. The van der Waals surface area contributed by atoms with Crippen molar-refractivity contribution in [3.63, 3.8) is 0 Å². The van der Waals surface area contributed by atoms with Crippen LogP contribution in [0.15, 0.2) is 0 Å². The van der Waals surface area contributed by atoms with Gasteiger partial charge in [0.1, 0.15) is 0 Å². The standard InChI is InChI=1S/C15H31N3/c1-15(2,3)18-11-7-14(8-12-18)16-13-5-9-17(4)10-6-13/h13-14,16H,5-12H2,1-4H3. The molecule has 2 aliphatic rings. The molecule has 106 valence electrons. The molecule has 2 fully saturated rings. The van der Waals surface area contributed by atoms with Crippen LogP contribution < -0.4 is 5.32 Å². The fourth-order valence-corrected chi connectivity index (χ4v) is 3.23. The number of nitrogens with one attached hydrogen (secondary N) is 1. The lowest BCUT2D eigenvalue weighted by Gasteiger charge is -2.42. The highest BCUT2D eigenvalue weighted by Crippen LogP contribution is 2.21. The van der Waals surface area contributed by atoms with Crippen LogP contribution in [0.4, 0.5) is 0 Å². The van der Waals surface area contributed by atoms with Gasteiger partial charge in [0.15, 0.2) is 0 Å². The van der Waals surface area contributed by atoms with Gasteiger partial charge in [-0.05, 0) is 66.6 Å². The van der Waals surface area contributed by atoms with Gasteiger partial charge in [0, 0.05) is 30.7 Å². The highest BCUT2D eigenvalue weighted by atomic mass is 15.2. The van der Waals surface area contributed by atoms with Gasteiger partial charge in [-0.1, -0.05) is 0 Å². The van der Waals surface area contributed by atoms with Crippen LogP contribution in [0.5, 0.6) is 0 Å². The summed E-state index contributed by atoms with van der Waals surface area (Å²) in [7, 11) is 2.23. The van der Waals surface area contributed by atoms with Crippen LogP contribution in [0, 0.1) is 0 Å². The smallest absolute Gasteiger partial charge is 0.0125 e. The molecule has 0 unspecified atom stereocenters. The average Bonchev–Trinajstić information content (AvgIpc) is 2.32. The summed E-state index contributed by atoms with van der Waals surface area (Å²) in [5.74, 6) is 0. The number of nitrogens with zero attached hydrogens (tertiary/aromatic N) is 2. The Morgan fingerprint density at radius 1 is 0.833 bits per heavy atom. The summed E-state index contributed by atoms with van der Waals surface area (Å²) in [6.07, 6.45) is 5.30. The summed E-state index contributed by atoms with van der Waals surface area (Å²) in [5, 5.41) is 3.90. The van der Waals surface area contributed by atoms with Gasteiger partial charge in [-0.2, -0.15) is 0 Å². The molecule has 0 amide bonds. The lowest BCUT2D eigenvalue weighted by Crippen LogP contribution is -2.52. The summed E-state index contributed by atoms with van der Waals surface area (Å²) in [5.41, 5.74) is 0.346. The third-order valence-corrected chi connectivity index (χ3v) is 4.63. The predicted octanol–water partition coefficient (Wildman–Crippen LogP) is 1.93. The number of likely N-dealkylation sites (tertiary alicyclic amines) is 2. The maximum atomic E-state index is 3.90. The van der Waals surface area contributed by atoms with Gasteiger partial charge in [-0.3, -0.25) is 4.90 Å². The van der Waals surface area contributed by atoms with Crippen molar-refractivity contribution in [1.82, 2.24) is 15.1 Å². The molecular formula is C15H31N3. The number of piperidine rings is 2. The molecular weight excluding hydrogens is 222 g/mol. The van der Waals surface area contributed by atoms with Crippen LogP contribution in [-0.4, -0.2) is 60.6 Å². The lowest BCUT2D eigenvalue weighted by atomic mass is 9.96. The minimum Gasteiger partial charge on any atom is -0.311 e. The number of hydrogen-bond donors (Lipinski definition) is 1. The lowest BCUT2D eigenvalue weighted by molar-refractivity contribution is 0.0904. The molecule has 0 aromatic rings. The molecule has 0 aliphatic carbocycles. The zero-order chi connectivity index (χ0) is 13.2. The predicted molar refractivity (Wildman–Crippen MR) is 78.0 cm³/mol. The molecule has 0 aromatic carbocycles. The Bertz CT molecular complexity index is 243. The fourth-order valence-electron chi connectivity index (χ4n) is 3.23. The van der Waals surface area contributed by atoms with Crippen LogP contribution in [0.2, 0.25) is 0 Å². The molecule has 18 heavy (non-hydrogen) atoms. The highest BCUT2D eigenvalue weighted by Gasteiger charge is 2.28. The van der Waals surface area contributed by atoms with E-state index < -0.39 is 0 Å². The van der Waals surface area contributed by atoms with Crippen molar-refractivity contribution >= 4 is 0 Å². The molecule has 0 aromatic heterocycles. The van der Waals surface area contributed by atoms with Crippen molar-refractivity contribution in [3.05, 3.63) is 0 Å². The normalized spacial score (nSPS) is 26.7. The van der Waals surface area contributed by atoms with E-state index in [9.17, 15) is 0 Å². The van der Waals surface area contributed by atoms with E-state index >= 15 is 0 Å². The average molecular weight is 253 g/mol. The second-order valence-electron chi connectivity index (χ2n) is 7.18. The molecule has 1 N–H and O–H groups in total. The van der Waals surface area contributed by atoms with Crippen LogP contribution in [0.3, 0.4) is 0 Å². The Balaban J connectivity index is 1.70. The van der Waals surface area contributed by atoms with E-state index in [0.29, 0.717) is 5.54 Å². The second-order valence-corrected chi connectivity index (χ2v) is 7.18. The molecule has 0 bridgehead atoms. The van der Waals surface area contributed by atoms with Gasteiger partial charge < -0.3 is 10.2 Å². The van der Waals surface area contributed by atoms with Crippen LogP contribution in [-0.2, 0) is 0 Å². The summed E-state index contributed by atoms with van der Waals surface area (Å²) in [6.45, 7) is 12.0. The summed E-state index contributed by atoms with van der Waals surface area (Å²) >= 11 is 0. The second kappa shape index (κ2) is 5.89. The SMILES string of the molecule is CN1CCC(NC2CCN(C(C)(C)C)CC2)CC1. The molecule has 0 saturated carbocycles. The number of rotatable bonds is 2. The van der Waals surface area contributed by atoms with E-state index in [1.807, 2.05) is 0 Å². The van der Waals surface area contributed by atoms with Crippen molar-refractivity contribution in [3.8, 4) is 0 Å². The quantitative estimate of drug-likeness (QED) is 0.811. The van der Waals surface area contributed by atoms with Crippen molar-refractivity contribution in [1.29, 1.82) is 0 Å². The van der Waals surface area contributed by atoms with E-state index in [-0.39, 0.29) is 0 Å². The zero-order valence-corrected chi connectivity index (χ0v) is 12.7. The summed E-state index contributed by atoms with van der Waals surface area (Å²) < 4.78 is 0. The molecule has 0 atom stereocenters. The monoisotopic (exact) mass is 253 g/mol. The minimum atomic E-state index is 0.346. The summed E-state index contributed by atoms with van der Waals surface area (Å²) in [4.78, 5) is 5.07. The first-order valence-corrected chi connectivity index (χ1v) is 7.65. The third kappa shape index (κ3) is 3.94. The van der Waals surface area contributed by atoms with E-state index in [4.69, 9.17) is 0 Å². The maximum absolute atomic E-state index is 3.90. The topological polar surface area (TPSA) is 18.5 Å². The molecule has 2 aliphatic heterocycles. The van der Waals surface area contributed by atoms with Crippen molar-refractivity contribution < 1.29 is 0 Å². The van der Waals surface area contributed by atoms with Gasteiger partial charge in [0.2, 0.25) is 0 Å². The van der Waals surface area contributed by atoms with Gasteiger partial charge in [0.25, 0.3) is 0 Å².